The van der Waals surface area contributed by atoms with Gasteiger partial charge in [0.2, 0.25) is 5.91 Å². The molecule has 0 aliphatic heterocycles. The van der Waals surface area contributed by atoms with Gasteiger partial charge < -0.3 is 10.1 Å². The molecule has 0 radical (unpaired) electrons. The molecule has 4 heteroatoms. The first-order valence-electron chi connectivity index (χ1n) is 7.31. The van der Waals surface area contributed by atoms with Crippen LogP contribution in [0.25, 0.3) is 0 Å². The molecule has 0 fully saturated rings. The summed E-state index contributed by atoms with van der Waals surface area (Å²) in [4.78, 5) is 13.0. The van der Waals surface area contributed by atoms with Crippen LogP contribution in [0.4, 0.5) is 0 Å². The highest BCUT2D eigenvalue weighted by atomic mass is 32.2. The Morgan fingerprint density at radius 3 is 2.55 bits per heavy atom. The molecular weight excluding hydrogens is 294 g/mol. The Labute approximate surface area is 136 Å². The third kappa shape index (κ3) is 5.45. The van der Waals surface area contributed by atoms with E-state index in [2.05, 4.69) is 5.32 Å². The summed E-state index contributed by atoms with van der Waals surface area (Å²) < 4.78 is 5.74. The monoisotopic (exact) mass is 315 g/mol. The first-order chi connectivity index (χ1) is 10.6. The normalized spacial score (nSPS) is 11.7. The highest BCUT2D eigenvalue weighted by molar-refractivity contribution is 8.00. The number of benzene rings is 2. The maximum atomic E-state index is 11.9. The molecule has 22 heavy (non-hydrogen) atoms. The van der Waals surface area contributed by atoms with Gasteiger partial charge in [-0.05, 0) is 37.6 Å². The number of aryl methyl sites for hydroxylation is 1. The van der Waals surface area contributed by atoms with Crippen molar-refractivity contribution in [2.45, 2.75) is 24.8 Å². The molecule has 2 aromatic rings. The fourth-order valence-corrected chi connectivity index (χ4v) is 2.69. The lowest BCUT2D eigenvalue weighted by molar-refractivity contribution is -0.119. The number of ether oxygens (including phenoxy) is 1. The molecule has 0 saturated heterocycles. The van der Waals surface area contributed by atoms with Crippen LogP contribution in [0.5, 0.6) is 5.75 Å². The molecule has 0 heterocycles. The smallest absolute Gasteiger partial charge is 0.230 e. The lowest BCUT2D eigenvalue weighted by atomic mass is 10.2. The highest BCUT2D eigenvalue weighted by Gasteiger charge is 2.09. The van der Waals surface area contributed by atoms with Crippen molar-refractivity contribution in [3.05, 3.63) is 60.2 Å². The molecule has 0 aliphatic rings. The minimum atomic E-state index is -0.0246. The number of hydrogen-bond acceptors (Lipinski definition) is 3. The summed E-state index contributed by atoms with van der Waals surface area (Å²) in [5.41, 5.74) is 1.10. The Balaban J connectivity index is 1.71. The largest absolute Gasteiger partial charge is 0.491 e. The molecular formula is C18H21NO2S. The SMILES string of the molecule is Cc1ccccc1OC[C@H](C)NC(=O)CSc1ccccc1. The van der Waals surface area contributed by atoms with Gasteiger partial charge in [0.25, 0.3) is 0 Å². The summed E-state index contributed by atoms with van der Waals surface area (Å²) in [5.74, 6) is 1.30. The van der Waals surface area contributed by atoms with Gasteiger partial charge in [0.1, 0.15) is 12.4 Å². The van der Waals surface area contributed by atoms with Crippen molar-refractivity contribution in [2.75, 3.05) is 12.4 Å². The standard InChI is InChI=1S/C18H21NO2S/c1-14-8-6-7-11-17(14)21-12-15(2)19-18(20)13-22-16-9-4-3-5-10-16/h3-11,15H,12-13H2,1-2H3,(H,19,20)/t15-/m0/s1. The molecule has 0 unspecified atom stereocenters. The second-order valence-corrected chi connectivity index (χ2v) is 6.20. The summed E-state index contributed by atoms with van der Waals surface area (Å²) >= 11 is 1.53. The Morgan fingerprint density at radius 1 is 1.14 bits per heavy atom. The number of thioether (sulfide) groups is 1. The Hall–Kier alpha value is -1.94. The fraction of sp³-hybridized carbons (Fsp3) is 0.278. The van der Waals surface area contributed by atoms with Crippen LogP contribution in [-0.4, -0.2) is 24.3 Å². The number of carbonyl (C=O) groups excluding carboxylic acids is 1. The number of para-hydroxylation sites is 1. The number of hydrogen-bond donors (Lipinski definition) is 1. The molecule has 0 aromatic heterocycles. The van der Waals surface area contributed by atoms with E-state index in [1.165, 1.54) is 11.8 Å². The van der Waals surface area contributed by atoms with Crippen LogP contribution in [0, 0.1) is 6.92 Å². The van der Waals surface area contributed by atoms with Gasteiger partial charge in [-0.15, -0.1) is 11.8 Å². The second-order valence-electron chi connectivity index (χ2n) is 5.15. The molecule has 0 saturated carbocycles. The minimum Gasteiger partial charge on any atom is -0.491 e. The van der Waals surface area contributed by atoms with Gasteiger partial charge in [-0.1, -0.05) is 36.4 Å². The first-order valence-corrected chi connectivity index (χ1v) is 8.29. The third-order valence-electron chi connectivity index (χ3n) is 3.10. The van der Waals surface area contributed by atoms with Crippen molar-refractivity contribution < 1.29 is 9.53 Å². The summed E-state index contributed by atoms with van der Waals surface area (Å²) in [6, 6.07) is 17.8. The number of rotatable bonds is 7. The summed E-state index contributed by atoms with van der Waals surface area (Å²) in [6.45, 7) is 4.42. The molecule has 1 atom stereocenters. The number of carbonyl (C=O) groups is 1. The van der Waals surface area contributed by atoms with Crippen LogP contribution < -0.4 is 10.1 Å². The number of nitrogens with one attached hydrogen (secondary N) is 1. The van der Waals surface area contributed by atoms with Gasteiger partial charge in [0.05, 0.1) is 11.8 Å². The molecule has 2 aromatic carbocycles. The fourth-order valence-electron chi connectivity index (χ4n) is 1.96. The minimum absolute atomic E-state index is 0.0229. The van der Waals surface area contributed by atoms with E-state index < -0.39 is 0 Å². The zero-order valence-electron chi connectivity index (χ0n) is 12.9. The maximum absolute atomic E-state index is 11.9. The Morgan fingerprint density at radius 2 is 1.82 bits per heavy atom. The lowest BCUT2D eigenvalue weighted by Crippen LogP contribution is -2.37. The number of amides is 1. The van der Waals surface area contributed by atoms with Crippen LogP contribution >= 0.6 is 11.8 Å². The van der Waals surface area contributed by atoms with Crippen LogP contribution in [0.2, 0.25) is 0 Å². The van der Waals surface area contributed by atoms with Gasteiger partial charge in [-0.2, -0.15) is 0 Å². The van der Waals surface area contributed by atoms with Crippen LogP contribution in [0.3, 0.4) is 0 Å². The molecule has 0 aliphatic carbocycles. The van der Waals surface area contributed by atoms with Gasteiger partial charge in [-0.25, -0.2) is 0 Å². The molecule has 116 valence electrons. The summed E-state index contributed by atoms with van der Waals surface area (Å²) in [6.07, 6.45) is 0. The highest BCUT2D eigenvalue weighted by Crippen LogP contribution is 2.17. The van der Waals surface area contributed by atoms with Crippen LogP contribution in [0.15, 0.2) is 59.5 Å². The van der Waals surface area contributed by atoms with Crippen molar-refractivity contribution >= 4 is 17.7 Å². The van der Waals surface area contributed by atoms with Gasteiger partial charge in [0.15, 0.2) is 0 Å². The van der Waals surface area contributed by atoms with Gasteiger partial charge in [-0.3, -0.25) is 4.79 Å². The lowest BCUT2D eigenvalue weighted by Gasteiger charge is -2.16. The van der Waals surface area contributed by atoms with Crippen molar-refractivity contribution in [1.29, 1.82) is 0 Å². The molecule has 3 nitrogen and oxygen atoms in total. The van der Waals surface area contributed by atoms with E-state index in [0.717, 1.165) is 16.2 Å². The summed E-state index contributed by atoms with van der Waals surface area (Å²) in [5, 5.41) is 2.96. The van der Waals surface area contributed by atoms with E-state index >= 15 is 0 Å². The molecule has 1 amide bonds. The van der Waals surface area contributed by atoms with Gasteiger partial charge in [0, 0.05) is 4.90 Å². The molecule has 1 N–H and O–H groups in total. The van der Waals surface area contributed by atoms with E-state index in [-0.39, 0.29) is 11.9 Å². The van der Waals surface area contributed by atoms with Crippen molar-refractivity contribution in [3.63, 3.8) is 0 Å². The second kappa shape index (κ2) is 8.49. The predicted octanol–water partition coefficient (Wildman–Crippen LogP) is 3.67. The quantitative estimate of drug-likeness (QED) is 0.792. The molecule has 0 spiro atoms. The van der Waals surface area contributed by atoms with Crippen LogP contribution in [-0.2, 0) is 4.79 Å². The average Bonchev–Trinajstić information content (AvgIpc) is 2.53. The van der Waals surface area contributed by atoms with E-state index in [1.807, 2.05) is 68.4 Å². The molecule has 0 bridgehead atoms. The average molecular weight is 315 g/mol. The molecule has 2 rings (SSSR count). The summed E-state index contributed by atoms with van der Waals surface area (Å²) in [7, 11) is 0. The maximum Gasteiger partial charge on any atom is 0.230 e. The van der Waals surface area contributed by atoms with Crippen LogP contribution in [0.1, 0.15) is 12.5 Å². The zero-order valence-corrected chi connectivity index (χ0v) is 13.7. The Kier molecular flexibility index (Phi) is 6.34. The van der Waals surface area contributed by atoms with E-state index in [1.54, 1.807) is 0 Å². The third-order valence-corrected chi connectivity index (χ3v) is 4.11. The zero-order chi connectivity index (χ0) is 15.8. The predicted molar refractivity (Wildman–Crippen MR) is 91.4 cm³/mol. The van der Waals surface area contributed by atoms with E-state index in [9.17, 15) is 4.79 Å². The topological polar surface area (TPSA) is 38.3 Å². The van der Waals surface area contributed by atoms with Crippen molar-refractivity contribution in [2.24, 2.45) is 0 Å². The van der Waals surface area contributed by atoms with Gasteiger partial charge >= 0.3 is 0 Å². The van der Waals surface area contributed by atoms with Crippen molar-refractivity contribution in [1.82, 2.24) is 5.32 Å². The van der Waals surface area contributed by atoms with E-state index in [0.29, 0.717) is 12.4 Å². The first kappa shape index (κ1) is 16.4. The van der Waals surface area contributed by atoms with E-state index in [4.69, 9.17) is 4.74 Å². The van der Waals surface area contributed by atoms with Crippen molar-refractivity contribution in [3.8, 4) is 5.75 Å². The Bertz CT molecular complexity index is 601.